The monoisotopic (exact) mass is 820 g/mol. The van der Waals surface area contributed by atoms with E-state index in [1.165, 1.54) is 4.68 Å². The molecule has 7 N–H and O–H groups in total. The highest BCUT2D eigenvalue weighted by Gasteiger charge is 2.71. The Morgan fingerprint density at radius 3 is 2.42 bits per heavy atom. The molecule has 4 unspecified atom stereocenters. The van der Waals surface area contributed by atoms with E-state index in [0.29, 0.717) is 101 Å². The predicted octanol–water partition coefficient (Wildman–Crippen LogP) is 0.689. The van der Waals surface area contributed by atoms with Crippen LogP contribution in [-0.2, 0) is 48.7 Å². The molecule has 3 aliphatic rings. The number of fused-ring (bicyclic) bond motifs is 1. The highest BCUT2D eigenvalue weighted by Crippen LogP contribution is 2.62. The van der Waals surface area contributed by atoms with E-state index in [0.717, 1.165) is 6.42 Å². The van der Waals surface area contributed by atoms with Gasteiger partial charge in [-0.3, -0.25) is 13.9 Å². The topological polar surface area (TPSA) is 275 Å². The standard InChI is InChI=1S/C33H54N6O14P2/c1-4-21(2)19-51-14-13-50-12-11-49-10-9-48-8-7-34-32(42)23-5-6-24(15-23)38-30-25-17-35-39(31(25)37-22(3)36-30)18-26-28(40)29(41)33(52-26)16-27(33)53-55(46,47)20-54(43,44)45/h4,17,21,23-24,26-29,40-41H,1,5-16,18-20H2,2-3H3,(H,34,42)(H,46,47)(H,36,37,38)(H2,43,44,45)/t21?,23-,24?,26+,27-,28+,29+,33?/m1/s1. The van der Waals surface area contributed by atoms with E-state index in [9.17, 15) is 29.0 Å². The number of rotatable bonds is 24. The maximum atomic E-state index is 12.9. The molecule has 1 saturated heterocycles. The number of nitrogens with one attached hydrogen (secondary N) is 2. The minimum Gasteiger partial charge on any atom is -0.388 e. The molecule has 1 aliphatic heterocycles. The molecule has 5 rings (SSSR count). The van der Waals surface area contributed by atoms with Crippen molar-refractivity contribution in [3.63, 3.8) is 0 Å². The number of hydrogen-bond acceptors (Lipinski definition) is 15. The maximum absolute atomic E-state index is 12.9. The molecule has 3 fully saturated rings. The molecule has 0 radical (unpaired) electrons. The van der Waals surface area contributed by atoms with Crippen LogP contribution in [0.2, 0.25) is 0 Å². The average molecular weight is 821 g/mol. The Balaban J connectivity index is 1.01. The van der Waals surface area contributed by atoms with Crippen molar-refractivity contribution in [2.75, 3.05) is 70.6 Å². The van der Waals surface area contributed by atoms with Gasteiger partial charge in [0.25, 0.3) is 0 Å². The van der Waals surface area contributed by atoms with Crippen molar-refractivity contribution in [2.45, 2.75) is 82.1 Å². The van der Waals surface area contributed by atoms with Crippen LogP contribution in [0.1, 0.15) is 38.4 Å². The third-order valence-electron chi connectivity index (χ3n) is 9.67. The summed E-state index contributed by atoms with van der Waals surface area (Å²) in [6, 6.07) is -0.0303. The van der Waals surface area contributed by atoms with Crippen molar-refractivity contribution in [1.29, 1.82) is 0 Å². The van der Waals surface area contributed by atoms with E-state index >= 15 is 0 Å². The van der Waals surface area contributed by atoms with Gasteiger partial charge >= 0.3 is 15.2 Å². The Hall–Kier alpha value is -2.42. The summed E-state index contributed by atoms with van der Waals surface area (Å²) in [4.78, 5) is 50.1. The first-order chi connectivity index (χ1) is 26.1. The van der Waals surface area contributed by atoms with Crippen molar-refractivity contribution in [1.82, 2.24) is 25.1 Å². The summed E-state index contributed by atoms with van der Waals surface area (Å²) >= 11 is 0. The molecule has 1 amide bonds. The summed E-state index contributed by atoms with van der Waals surface area (Å²) in [5.41, 5.74) is -1.07. The number of ether oxygens (including phenoxy) is 5. The first-order valence-electron chi connectivity index (χ1n) is 18.4. The fourth-order valence-corrected chi connectivity index (χ4v) is 9.51. The molecule has 2 aliphatic carbocycles. The number of aliphatic hydroxyl groups is 2. The molecule has 0 bridgehead atoms. The number of carbonyl (C=O) groups is 1. The smallest absolute Gasteiger partial charge is 0.340 e. The van der Waals surface area contributed by atoms with E-state index in [1.54, 1.807) is 13.1 Å². The number of amides is 1. The van der Waals surface area contributed by atoms with Gasteiger partial charge in [0.15, 0.2) is 11.6 Å². The van der Waals surface area contributed by atoms with E-state index < -0.39 is 51.1 Å². The van der Waals surface area contributed by atoms with Crippen LogP contribution >= 0.6 is 15.2 Å². The molecule has 3 heterocycles. The first kappa shape index (κ1) is 43.7. The maximum Gasteiger partial charge on any atom is 0.340 e. The molecule has 2 aromatic rings. The van der Waals surface area contributed by atoms with Crippen LogP contribution in [0.25, 0.3) is 11.0 Å². The SMILES string of the molecule is C=CC(C)COCCOCCOCCOCCNC(=O)[C@@H]1CCC(Nc2nc(C)nc3c2cnn3C[C@@H]2OC3(C[C@H]3OP(=O)(O)CP(=O)(O)O)[C@@H](O)[C@H]2O)C1. The highest BCUT2D eigenvalue weighted by atomic mass is 31.2. The molecule has 55 heavy (non-hydrogen) atoms. The number of anilines is 1. The van der Waals surface area contributed by atoms with Crippen molar-refractivity contribution in [3.05, 3.63) is 24.7 Å². The number of hydrogen-bond donors (Lipinski definition) is 7. The molecule has 0 aromatic carbocycles. The summed E-state index contributed by atoms with van der Waals surface area (Å²) in [5.74, 6) is -0.294. The Labute approximate surface area is 319 Å². The molecule has 9 atom stereocenters. The third kappa shape index (κ3) is 12.3. The molecule has 20 nitrogen and oxygen atoms in total. The van der Waals surface area contributed by atoms with Crippen molar-refractivity contribution in [3.8, 4) is 0 Å². The van der Waals surface area contributed by atoms with Gasteiger partial charge in [-0.1, -0.05) is 13.0 Å². The Bertz CT molecular complexity index is 1700. The lowest BCUT2D eigenvalue weighted by atomic mass is 10.1. The number of aromatic nitrogens is 4. The van der Waals surface area contributed by atoms with Crippen LogP contribution in [0.5, 0.6) is 0 Å². The molecular weight excluding hydrogens is 766 g/mol. The lowest BCUT2D eigenvalue weighted by Crippen LogP contribution is -2.36. The van der Waals surface area contributed by atoms with Gasteiger partial charge in [-0.05, 0) is 32.1 Å². The summed E-state index contributed by atoms with van der Waals surface area (Å²) in [5, 5.41) is 33.0. The quantitative estimate of drug-likeness (QED) is 0.0436. The minimum absolute atomic E-state index is 0.0303. The first-order valence-corrected chi connectivity index (χ1v) is 21.9. The Kier molecular flexibility index (Phi) is 15.4. The summed E-state index contributed by atoms with van der Waals surface area (Å²) in [6.07, 6.45) is 0.333. The lowest BCUT2D eigenvalue weighted by molar-refractivity contribution is -0.125. The van der Waals surface area contributed by atoms with Gasteiger partial charge in [0.05, 0.1) is 71.0 Å². The van der Waals surface area contributed by atoms with E-state index in [4.69, 9.17) is 38.0 Å². The summed E-state index contributed by atoms with van der Waals surface area (Å²) in [6.45, 7) is 11.6. The second-order valence-corrected chi connectivity index (χ2v) is 18.2. The van der Waals surface area contributed by atoms with Gasteiger partial charge in [-0.15, -0.1) is 6.58 Å². The van der Waals surface area contributed by atoms with Crippen LogP contribution < -0.4 is 10.6 Å². The van der Waals surface area contributed by atoms with Gasteiger partial charge < -0.3 is 63.7 Å². The zero-order chi connectivity index (χ0) is 39.8. The largest absolute Gasteiger partial charge is 0.388 e. The van der Waals surface area contributed by atoms with Gasteiger partial charge in [0.1, 0.15) is 41.7 Å². The second kappa shape index (κ2) is 19.4. The average Bonchev–Trinajstić information content (AvgIpc) is 3.38. The lowest BCUT2D eigenvalue weighted by Gasteiger charge is -2.18. The summed E-state index contributed by atoms with van der Waals surface area (Å²) < 4.78 is 58.0. The highest BCUT2D eigenvalue weighted by molar-refractivity contribution is 7.70. The number of nitrogens with zero attached hydrogens (tertiary/aromatic N) is 4. The minimum atomic E-state index is -4.85. The van der Waals surface area contributed by atoms with Crippen molar-refractivity contribution >= 4 is 37.9 Å². The Morgan fingerprint density at radius 2 is 1.75 bits per heavy atom. The van der Waals surface area contributed by atoms with E-state index in [1.807, 2.05) is 13.0 Å². The van der Waals surface area contributed by atoms with E-state index in [-0.39, 0.29) is 30.8 Å². The van der Waals surface area contributed by atoms with Crippen molar-refractivity contribution in [2.24, 2.45) is 11.8 Å². The molecule has 310 valence electrons. The number of aryl methyl sites for hydroxylation is 1. The number of aliphatic hydroxyl groups excluding tert-OH is 2. The van der Waals surface area contributed by atoms with Crippen LogP contribution in [-0.4, -0.2) is 152 Å². The van der Waals surface area contributed by atoms with Gasteiger partial charge in [0, 0.05) is 24.9 Å². The van der Waals surface area contributed by atoms with Gasteiger partial charge in [0.2, 0.25) is 5.91 Å². The fraction of sp³-hybridized carbons (Fsp3) is 0.758. The zero-order valence-corrected chi connectivity index (χ0v) is 32.9. The van der Waals surface area contributed by atoms with E-state index in [2.05, 4.69) is 32.3 Å². The zero-order valence-electron chi connectivity index (χ0n) is 31.1. The van der Waals surface area contributed by atoms with Crippen LogP contribution in [0.4, 0.5) is 5.82 Å². The van der Waals surface area contributed by atoms with Gasteiger partial charge in [-0.2, -0.15) is 5.10 Å². The molecule has 2 aromatic heterocycles. The van der Waals surface area contributed by atoms with Gasteiger partial charge in [-0.25, -0.2) is 14.6 Å². The summed E-state index contributed by atoms with van der Waals surface area (Å²) in [7, 11) is -9.56. The van der Waals surface area contributed by atoms with Crippen molar-refractivity contribution < 1.29 is 67.0 Å². The number of carbonyl (C=O) groups excluding carboxylic acids is 1. The third-order valence-corrected chi connectivity index (χ3v) is 13.2. The molecule has 2 saturated carbocycles. The predicted molar refractivity (Wildman–Crippen MR) is 196 cm³/mol. The molecule has 22 heteroatoms. The normalized spacial score (nSPS) is 28.1. The molecule has 1 spiro atoms. The second-order valence-electron chi connectivity index (χ2n) is 14.2. The van der Waals surface area contributed by atoms with Crippen LogP contribution in [0, 0.1) is 18.8 Å². The molecular formula is C33H54N6O14P2. The Morgan fingerprint density at radius 1 is 1.07 bits per heavy atom. The van der Waals surface area contributed by atoms with Crippen LogP contribution in [0.3, 0.4) is 0 Å². The fourth-order valence-electron chi connectivity index (χ4n) is 6.73. The van der Waals surface area contributed by atoms with Crippen LogP contribution in [0.15, 0.2) is 18.9 Å².